The quantitative estimate of drug-likeness (QED) is 0.801. The molecule has 3 aromatic rings. The Morgan fingerprint density at radius 2 is 2.04 bits per heavy atom. The van der Waals surface area contributed by atoms with E-state index >= 15 is 0 Å². The van der Waals surface area contributed by atoms with Gasteiger partial charge in [0.05, 0.1) is 18.4 Å². The first-order valence-electron chi connectivity index (χ1n) is 7.41. The van der Waals surface area contributed by atoms with Gasteiger partial charge < -0.3 is 23.8 Å². The number of aromatic nitrogens is 2. The number of anilines is 1. The second-order valence-electron chi connectivity index (χ2n) is 5.46. The van der Waals surface area contributed by atoms with Crippen LogP contribution in [0.2, 0.25) is 0 Å². The van der Waals surface area contributed by atoms with Crippen molar-refractivity contribution in [3.05, 3.63) is 48.0 Å². The molecule has 118 valence electrons. The van der Waals surface area contributed by atoms with Crippen molar-refractivity contribution in [3.63, 3.8) is 0 Å². The van der Waals surface area contributed by atoms with E-state index in [1.807, 2.05) is 55.1 Å². The molecule has 2 aromatic heterocycles. The monoisotopic (exact) mass is 311 g/mol. The lowest BCUT2D eigenvalue weighted by Gasteiger charge is -2.08. The van der Waals surface area contributed by atoms with Crippen LogP contribution in [0.25, 0.3) is 11.3 Å². The molecule has 0 aliphatic carbocycles. The summed E-state index contributed by atoms with van der Waals surface area (Å²) in [5.74, 6) is 4.12. The maximum Gasteiger partial charge on any atom is 0.231 e. The summed E-state index contributed by atoms with van der Waals surface area (Å²) in [6, 6.07) is 9.81. The molecular weight excluding hydrogens is 294 g/mol. The number of nitrogens with one attached hydrogen (secondary N) is 1. The van der Waals surface area contributed by atoms with Crippen molar-refractivity contribution in [3.8, 4) is 22.8 Å². The molecule has 1 N–H and O–H groups in total. The van der Waals surface area contributed by atoms with E-state index in [2.05, 4.69) is 10.3 Å². The highest BCUT2D eigenvalue weighted by Gasteiger charge is 2.16. The Kier molecular flexibility index (Phi) is 3.22. The zero-order valence-corrected chi connectivity index (χ0v) is 13.0. The van der Waals surface area contributed by atoms with E-state index < -0.39 is 0 Å². The Balaban J connectivity index is 1.55. The van der Waals surface area contributed by atoms with E-state index in [0.717, 1.165) is 40.2 Å². The SMILES string of the molecule is Cc1ccc(CNc2ncc(-c3ccc4c(c3)OCO4)n2C)o1. The first-order chi connectivity index (χ1) is 11.2. The molecule has 0 saturated heterocycles. The lowest BCUT2D eigenvalue weighted by molar-refractivity contribution is 0.174. The molecule has 0 bridgehead atoms. The van der Waals surface area contributed by atoms with Crippen molar-refractivity contribution in [2.45, 2.75) is 13.5 Å². The fourth-order valence-electron chi connectivity index (χ4n) is 2.64. The molecule has 3 heterocycles. The highest BCUT2D eigenvalue weighted by atomic mass is 16.7. The van der Waals surface area contributed by atoms with E-state index in [1.54, 1.807) is 0 Å². The molecule has 0 unspecified atom stereocenters. The van der Waals surface area contributed by atoms with Gasteiger partial charge in [0.15, 0.2) is 11.5 Å². The minimum Gasteiger partial charge on any atom is -0.465 e. The molecule has 4 rings (SSSR count). The van der Waals surface area contributed by atoms with Gasteiger partial charge in [-0.2, -0.15) is 0 Å². The molecule has 6 nitrogen and oxygen atoms in total. The van der Waals surface area contributed by atoms with Gasteiger partial charge in [-0.25, -0.2) is 4.98 Å². The average Bonchev–Trinajstić information content (AvgIpc) is 3.25. The van der Waals surface area contributed by atoms with Gasteiger partial charge >= 0.3 is 0 Å². The van der Waals surface area contributed by atoms with Gasteiger partial charge in [-0.15, -0.1) is 0 Å². The number of rotatable bonds is 4. The van der Waals surface area contributed by atoms with Gasteiger partial charge in [0, 0.05) is 12.6 Å². The van der Waals surface area contributed by atoms with E-state index in [1.165, 1.54) is 0 Å². The molecule has 0 amide bonds. The van der Waals surface area contributed by atoms with Gasteiger partial charge in [-0.05, 0) is 37.3 Å². The van der Waals surface area contributed by atoms with Crippen LogP contribution in [0.1, 0.15) is 11.5 Å². The molecule has 6 heteroatoms. The maximum atomic E-state index is 5.56. The number of aryl methyl sites for hydroxylation is 1. The van der Waals surface area contributed by atoms with Gasteiger partial charge in [0.25, 0.3) is 0 Å². The summed E-state index contributed by atoms with van der Waals surface area (Å²) < 4.78 is 18.3. The number of nitrogens with zero attached hydrogens (tertiary/aromatic N) is 2. The summed E-state index contributed by atoms with van der Waals surface area (Å²) in [5, 5.41) is 3.29. The summed E-state index contributed by atoms with van der Waals surface area (Å²) in [4.78, 5) is 4.45. The van der Waals surface area contributed by atoms with E-state index in [0.29, 0.717) is 6.54 Å². The van der Waals surface area contributed by atoms with Gasteiger partial charge in [0.1, 0.15) is 11.5 Å². The van der Waals surface area contributed by atoms with Crippen molar-refractivity contribution in [2.24, 2.45) is 7.05 Å². The summed E-state index contributed by atoms with van der Waals surface area (Å²) in [7, 11) is 1.97. The smallest absolute Gasteiger partial charge is 0.231 e. The molecule has 0 spiro atoms. The number of ether oxygens (including phenoxy) is 2. The Labute approximate surface area is 133 Å². The van der Waals surface area contributed by atoms with Crippen LogP contribution in [0, 0.1) is 6.92 Å². The molecular formula is C17H17N3O3. The topological polar surface area (TPSA) is 61.5 Å². The van der Waals surface area contributed by atoms with Crippen molar-refractivity contribution in [1.82, 2.24) is 9.55 Å². The minimum absolute atomic E-state index is 0.277. The lowest BCUT2D eigenvalue weighted by Crippen LogP contribution is -2.05. The molecule has 0 fully saturated rings. The van der Waals surface area contributed by atoms with Crippen LogP contribution in [0.15, 0.2) is 40.9 Å². The highest BCUT2D eigenvalue weighted by molar-refractivity contribution is 5.66. The van der Waals surface area contributed by atoms with Crippen LogP contribution in [0.5, 0.6) is 11.5 Å². The van der Waals surface area contributed by atoms with Gasteiger partial charge in [-0.3, -0.25) is 0 Å². The minimum atomic E-state index is 0.277. The van der Waals surface area contributed by atoms with Crippen molar-refractivity contribution < 1.29 is 13.9 Å². The number of hydrogen-bond donors (Lipinski definition) is 1. The van der Waals surface area contributed by atoms with Crippen LogP contribution < -0.4 is 14.8 Å². The predicted molar refractivity (Wildman–Crippen MR) is 85.5 cm³/mol. The van der Waals surface area contributed by atoms with Gasteiger partial charge in [-0.1, -0.05) is 0 Å². The van der Waals surface area contributed by atoms with Crippen LogP contribution in [-0.4, -0.2) is 16.3 Å². The Morgan fingerprint density at radius 3 is 2.87 bits per heavy atom. The Hall–Kier alpha value is -2.89. The fraction of sp³-hybridized carbons (Fsp3) is 0.235. The largest absolute Gasteiger partial charge is 0.465 e. The number of imidazole rings is 1. The molecule has 1 aliphatic heterocycles. The van der Waals surface area contributed by atoms with E-state index in [-0.39, 0.29) is 6.79 Å². The van der Waals surface area contributed by atoms with Crippen LogP contribution >= 0.6 is 0 Å². The van der Waals surface area contributed by atoms with Gasteiger partial charge in [0.2, 0.25) is 12.7 Å². The molecule has 0 atom stereocenters. The molecule has 0 radical (unpaired) electrons. The second-order valence-corrected chi connectivity index (χ2v) is 5.46. The number of benzene rings is 1. The first kappa shape index (κ1) is 13.8. The summed E-state index contributed by atoms with van der Waals surface area (Å²) >= 11 is 0. The summed E-state index contributed by atoms with van der Waals surface area (Å²) in [5.41, 5.74) is 2.03. The van der Waals surface area contributed by atoms with E-state index in [4.69, 9.17) is 13.9 Å². The zero-order valence-electron chi connectivity index (χ0n) is 13.0. The van der Waals surface area contributed by atoms with Crippen LogP contribution in [0.3, 0.4) is 0 Å². The normalized spacial score (nSPS) is 12.6. The molecule has 1 aliphatic rings. The van der Waals surface area contributed by atoms with Crippen molar-refractivity contribution >= 4 is 5.95 Å². The lowest BCUT2D eigenvalue weighted by atomic mass is 10.1. The third-order valence-electron chi connectivity index (χ3n) is 3.87. The highest BCUT2D eigenvalue weighted by Crippen LogP contribution is 2.36. The standard InChI is InChI=1S/C17H17N3O3/c1-11-3-5-13(23-11)8-18-17-19-9-14(20(17)2)12-4-6-15-16(7-12)22-10-21-15/h3-7,9H,8,10H2,1-2H3,(H,18,19). The Morgan fingerprint density at radius 1 is 1.17 bits per heavy atom. The first-order valence-corrected chi connectivity index (χ1v) is 7.41. The molecule has 1 aromatic carbocycles. The fourth-order valence-corrected chi connectivity index (χ4v) is 2.64. The number of fused-ring (bicyclic) bond motifs is 1. The average molecular weight is 311 g/mol. The van der Waals surface area contributed by atoms with Crippen LogP contribution in [0.4, 0.5) is 5.95 Å². The third-order valence-corrected chi connectivity index (χ3v) is 3.87. The third kappa shape index (κ3) is 2.52. The summed E-state index contributed by atoms with van der Waals surface area (Å²) in [6.07, 6.45) is 1.84. The zero-order chi connectivity index (χ0) is 15.8. The maximum absolute atomic E-state index is 5.56. The summed E-state index contributed by atoms with van der Waals surface area (Å²) in [6.45, 7) is 2.81. The van der Waals surface area contributed by atoms with Crippen molar-refractivity contribution in [2.75, 3.05) is 12.1 Å². The number of furan rings is 1. The second kappa shape index (κ2) is 5.39. The Bertz CT molecular complexity index is 851. The van der Waals surface area contributed by atoms with Crippen molar-refractivity contribution in [1.29, 1.82) is 0 Å². The predicted octanol–water partition coefficient (Wildman–Crippen LogP) is 3.33. The van der Waals surface area contributed by atoms with E-state index in [9.17, 15) is 0 Å². The van der Waals surface area contributed by atoms with Crippen LogP contribution in [-0.2, 0) is 13.6 Å². The molecule has 23 heavy (non-hydrogen) atoms. The number of hydrogen-bond acceptors (Lipinski definition) is 5. The molecule has 0 saturated carbocycles.